The van der Waals surface area contributed by atoms with Crippen molar-refractivity contribution in [1.29, 1.82) is 0 Å². The minimum Gasteiger partial charge on any atom is -0.447 e. The monoisotopic (exact) mass is 219 g/mol. The van der Waals surface area contributed by atoms with Crippen LogP contribution in [0.25, 0.3) is 0 Å². The molecule has 6 heteroatoms. The average molecular weight is 219 g/mol. The van der Waals surface area contributed by atoms with E-state index in [1.165, 1.54) is 4.90 Å². The number of likely N-dealkylation sites (tertiary alicyclic amines) is 1. The van der Waals surface area contributed by atoms with Crippen molar-refractivity contribution in [2.75, 3.05) is 32.9 Å². The molecule has 1 aliphatic rings. The first-order valence-corrected chi connectivity index (χ1v) is 4.97. The molecule has 0 aromatic carbocycles. The van der Waals surface area contributed by atoms with E-state index in [0.29, 0.717) is 19.4 Å². The van der Waals surface area contributed by atoms with Crippen molar-refractivity contribution in [3.8, 4) is 0 Å². The molecule has 1 fully saturated rings. The summed E-state index contributed by atoms with van der Waals surface area (Å²) in [4.78, 5) is 12.7. The maximum Gasteiger partial charge on any atom is 0.409 e. The van der Waals surface area contributed by atoms with Gasteiger partial charge >= 0.3 is 6.09 Å². The first-order chi connectivity index (χ1) is 7.11. The molecule has 0 aromatic rings. The van der Waals surface area contributed by atoms with Gasteiger partial charge in [0.05, 0.1) is 19.8 Å². The van der Waals surface area contributed by atoms with Gasteiger partial charge in [0.25, 0.3) is 0 Å². The molecule has 1 heterocycles. The Morgan fingerprint density at radius 1 is 1.47 bits per heavy atom. The van der Waals surface area contributed by atoms with Crippen LogP contribution in [0.15, 0.2) is 0 Å². The summed E-state index contributed by atoms with van der Waals surface area (Å²) >= 11 is 0. The van der Waals surface area contributed by atoms with Crippen molar-refractivity contribution >= 4 is 6.09 Å². The first-order valence-electron chi connectivity index (χ1n) is 4.97. The Labute approximate surface area is 88.1 Å². The van der Waals surface area contributed by atoms with Crippen LogP contribution in [-0.4, -0.2) is 64.8 Å². The molecule has 1 atom stereocenters. The Balaban J connectivity index is 2.45. The Morgan fingerprint density at radius 2 is 2.20 bits per heavy atom. The summed E-state index contributed by atoms with van der Waals surface area (Å²) in [6, 6.07) is 0. The number of carbonyl (C=O) groups is 1. The molecule has 1 amide bonds. The fraction of sp³-hybridized carbons (Fsp3) is 0.889. The van der Waals surface area contributed by atoms with E-state index in [9.17, 15) is 9.90 Å². The number of aliphatic hydroxyl groups excluding tert-OH is 2. The maximum atomic E-state index is 11.4. The molecule has 88 valence electrons. The quantitative estimate of drug-likeness (QED) is 0.562. The molecule has 0 bridgehead atoms. The lowest BCUT2D eigenvalue weighted by atomic mass is 9.94. The van der Waals surface area contributed by atoms with Gasteiger partial charge in [-0.15, -0.1) is 0 Å². The summed E-state index contributed by atoms with van der Waals surface area (Å²) in [5.74, 6) is 0. The van der Waals surface area contributed by atoms with Gasteiger partial charge in [0.15, 0.2) is 0 Å². The molecule has 1 aliphatic heterocycles. The van der Waals surface area contributed by atoms with Gasteiger partial charge in [0.2, 0.25) is 0 Å². The van der Waals surface area contributed by atoms with Crippen molar-refractivity contribution < 1.29 is 24.9 Å². The van der Waals surface area contributed by atoms with Crippen LogP contribution >= 0.6 is 0 Å². The van der Waals surface area contributed by atoms with E-state index in [-0.39, 0.29) is 26.4 Å². The lowest BCUT2D eigenvalue weighted by molar-refractivity contribution is -0.0642. The van der Waals surface area contributed by atoms with Gasteiger partial charge in [-0.3, -0.25) is 0 Å². The summed E-state index contributed by atoms with van der Waals surface area (Å²) in [5, 5.41) is 27.2. The Bertz CT molecular complexity index is 223. The van der Waals surface area contributed by atoms with Crippen molar-refractivity contribution in [2.24, 2.45) is 0 Å². The van der Waals surface area contributed by atoms with Crippen molar-refractivity contribution in [3.05, 3.63) is 0 Å². The molecule has 3 N–H and O–H groups in total. The number of ether oxygens (including phenoxy) is 1. The Hall–Kier alpha value is -0.850. The Morgan fingerprint density at radius 3 is 2.80 bits per heavy atom. The first kappa shape index (κ1) is 12.2. The van der Waals surface area contributed by atoms with E-state index in [2.05, 4.69) is 0 Å². The molecule has 1 saturated heterocycles. The number of β-amino-alcohol motifs (C(OH)–C–C–N with tert-alkyl or cyclic N) is 1. The largest absolute Gasteiger partial charge is 0.447 e. The summed E-state index contributed by atoms with van der Waals surface area (Å²) in [7, 11) is 0. The van der Waals surface area contributed by atoms with Crippen molar-refractivity contribution in [1.82, 2.24) is 4.90 Å². The van der Waals surface area contributed by atoms with Gasteiger partial charge in [-0.25, -0.2) is 4.79 Å². The van der Waals surface area contributed by atoms with Crippen LogP contribution in [0.5, 0.6) is 0 Å². The van der Waals surface area contributed by atoms with E-state index in [1.54, 1.807) is 0 Å². The van der Waals surface area contributed by atoms with Crippen LogP contribution < -0.4 is 0 Å². The average Bonchev–Trinajstić information content (AvgIpc) is 2.26. The molecule has 6 nitrogen and oxygen atoms in total. The SMILES string of the molecule is O=C(OCCO)N1CCCC(O)(CO)C1. The van der Waals surface area contributed by atoms with E-state index < -0.39 is 11.7 Å². The van der Waals surface area contributed by atoms with Crippen molar-refractivity contribution in [3.63, 3.8) is 0 Å². The number of piperidine rings is 1. The number of amides is 1. The minimum absolute atomic E-state index is 0.0487. The second-order valence-electron chi connectivity index (χ2n) is 3.75. The molecule has 0 aliphatic carbocycles. The molecule has 0 saturated carbocycles. The zero-order valence-electron chi connectivity index (χ0n) is 8.56. The lowest BCUT2D eigenvalue weighted by Crippen LogP contribution is -2.52. The molecule has 15 heavy (non-hydrogen) atoms. The predicted molar refractivity (Wildman–Crippen MR) is 51.3 cm³/mol. The second-order valence-corrected chi connectivity index (χ2v) is 3.75. The highest BCUT2D eigenvalue weighted by Gasteiger charge is 2.35. The maximum absolute atomic E-state index is 11.4. The fourth-order valence-electron chi connectivity index (χ4n) is 1.62. The number of aliphatic hydroxyl groups is 3. The number of rotatable bonds is 3. The van der Waals surface area contributed by atoms with Crippen LogP contribution in [-0.2, 0) is 4.74 Å². The molecule has 1 unspecified atom stereocenters. The Kier molecular flexibility index (Phi) is 4.31. The number of hydrogen-bond donors (Lipinski definition) is 3. The zero-order valence-corrected chi connectivity index (χ0v) is 8.56. The van der Waals surface area contributed by atoms with Gasteiger partial charge < -0.3 is 25.0 Å². The van der Waals surface area contributed by atoms with E-state index >= 15 is 0 Å². The predicted octanol–water partition coefficient (Wildman–Crippen LogP) is -1.07. The second kappa shape index (κ2) is 5.29. The third-order valence-electron chi connectivity index (χ3n) is 2.42. The van der Waals surface area contributed by atoms with E-state index in [4.69, 9.17) is 14.9 Å². The molecule has 1 rings (SSSR count). The standard InChI is InChI=1S/C9H17NO5/c11-4-5-15-8(13)10-3-1-2-9(14,6-10)7-12/h11-12,14H,1-7H2. The summed E-state index contributed by atoms with van der Waals surface area (Å²) in [5.41, 5.74) is -1.21. The van der Waals surface area contributed by atoms with Gasteiger partial charge in [-0.1, -0.05) is 0 Å². The van der Waals surface area contributed by atoms with Gasteiger partial charge in [0, 0.05) is 6.54 Å². The van der Waals surface area contributed by atoms with Crippen LogP contribution in [0.3, 0.4) is 0 Å². The third-order valence-corrected chi connectivity index (χ3v) is 2.42. The van der Waals surface area contributed by atoms with Gasteiger partial charge in [0.1, 0.15) is 12.2 Å². The number of nitrogens with zero attached hydrogens (tertiary/aromatic N) is 1. The highest BCUT2D eigenvalue weighted by molar-refractivity contribution is 5.67. The highest BCUT2D eigenvalue weighted by atomic mass is 16.6. The highest BCUT2D eigenvalue weighted by Crippen LogP contribution is 2.20. The molecule has 0 aromatic heterocycles. The van der Waals surface area contributed by atoms with Crippen LogP contribution in [0, 0.1) is 0 Å². The fourth-order valence-corrected chi connectivity index (χ4v) is 1.62. The zero-order chi connectivity index (χ0) is 11.3. The summed E-state index contributed by atoms with van der Waals surface area (Å²) in [6.45, 7) is -0.0478. The third kappa shape index (κ3) is 3.33. The number of carbonyl (C=O) groups excluding carboxylic acids is 1. The van der Waals surface area contributed by atoms with Crippen LogP contribution in [0.1, 0.15) is 12.8 Å². The van der Waals surface area contributed by atoms with Crippen molar-refractivity contribution in [2.45, 2.75) is 18.4 Å². The summed E-state index contributed by atoms with van der Waals surface area (Å²) < 4.78 is 4.71. The molecular formula is C9H17NO5. The van der Waals surface area contributed by atoms with E-state index in [1.807, 2.05) is 0 Å². The molecule has 0 radical (unpaired) electrons. The van der Waals surface area contributed by atoms with Crippen LogP contribution in [0.4, 0.5) is 4.79 Å². The topological polar surface area (TPSA) is 90.2 Å². The van der Waals surface area contributed by atoms with E-state index in [0.717, 1.165) is 0 Å². The molecular weight excluding hydrogens is 202 g/mol. The van der Waals surface area contributed by atoms with Gasteiger partial charge in [-0.2, -0.15) is 0 Å². The lowest BCUT2D eigenvalue weighted by Gasteiger charge is -2.37. The smallest absolute Gasteiger partial charge is 0.409 e. The molecule has 0 spiro atoms. The van der Waals surface area contributed by atoms with Crippen LogP contribution in [0.2, 0.25) is 0 Å². The minimum atomic E-state index is -1.21. The number of hydrogen-bond acceptors (Lipinski definition) is 5. The summed E-state index contributed by atoms with van der Waals surface area (Å²) in [6.07, 6.45) is 0.550. The van der Waals surface area contributed by atoms with Gasteiger partial charge in [-0.05, 0) is 12.8 Å². The normalized spacial score (nSPS) is 26.5.